The average Bonchev–Trinajstić information content (AvgIpc) is 2.77. The fraction of sp³-hybridized carbons (Fsp3) is 0.320. The van der Waals surface area contributed by atoms with E-state index < -0.39 is 0 Å². The Morgan fingerprint density at radius 2 is 1.79 bits per heavy atom. The molecule has 0 aliphatic heterocycles. The van der Waals surface area contributed by atoms with Crippen molar-refractivity contribution in [2.24, 2.45) is 0 Å². The molecular weight excluding hydrogens is 430 g/mol. The van der Waals surface area contributed by atoms with Crippen LogP contribution in [0.4, 0.5) is 17.2 Å². The van der Waals surface area contributed by atoms with Crippen LogP contribution in [0.5, 0.6) is 0 Å². The van der Waals surface area contributed by atoms with Crippen molar-refractivity contribution in [1.29, 1.82) is 0 Å². The van der Waals surface area contributed by atoms with Gasteiger partial charge in [0.05, 0.1) is 24.3 Å². The fourth-order valence-corrected chi connectivity index (χ4v) is 3.38. The number of carbonyl (C=O) groups is 2. The number of benzene rings is 1. The quantitative estimate of drug-likeness (QED) is 0.470. The lowest BCUT2D eigenvalue weighted by Crippen LogP contribution is -2.28. The third-order valence-electron chi connectivity index (χ3n) is 4.95. The Morgan fingerprint density at radius 3 is 2.47 bits per heavy atom. The minimum absolute atomic E-state index is 0.123. The molecule has 2 heterocycles. The van der Waals surface area contributed by atoms with E-state index in [1.54, 1.807) is 41.6 Å². The van der Waals surface area contributed by atoms with E-state index in [0.717, 1.165) is 11.3 Å². The molecule has 0 unspecified atom stereocenters. The van der Waals surface area contributed by atoms with Crippen LogP contribution in [-0.4, -0.2) is 52.3 Å². The van der Waals surface area contributed by atoms with Crippen molar-refractivity contribution in [2.45, 2.75) is 32.7 Å². The Kier molecular flexibility index (Phi) is 7.91. The minimum Gasteiger partial charge on any atom is -0.364 e. The van der Waals surface area contributed by atoms with Gasteiger partial charge in [-0.2, -0.15) is 0 Å². The summed E-state index contributed by atoms with van der Waals surface area (Å²) in [6, 6.07) is 10.8. The maximum atomic E-state index is 13.1. The molecule has 3 aromatic rings. The lowest BCUT2D eigenvalue weighted by Gasteiger charge is -2.24. The lowest BCUT2D eigenvalue weighted by molar-refractivity contribution is -0.116. The second-order valence-electron chi connectivity index (χ2n) is 9.20. The second-order valence-corrected chi connectivity index (χ2v) is 9.20. The van der Waals surface area contributed by atoms with Crippen molar-refractivity contribution in [3.63, 3.8) is 0 Å². The predicted molar refractivity (Wildman–Crippen MR) is 134 cm³/mol. The molecule has 0 bridgehead atoms. The molecule has 1 aromatic carbocycles. The van der Waals surface area contributed by atoms with Gasteiger partial charge >= 0.3 is 0 Å². The summed E-state index contributed by atoms with van der Waals surface area (Å²) >= 11 is 0. The predicted octanol–water partition coefficient (Wildman–Crippen LogP) is 3.53. The van der Waals surface area contributed by atoms with E-state index in [2.05, 4.69) is 51.7 Å². The van der Waals surface area contributed by atoms with Crippen LogP contribution < -0.4 is 16.0 Å². The monoisotopic (exact) mass is 461 g/mol. The maximum absolute atomic E-state index is 13.1. The van der Waals surface area contributed by atoms with Crippen LogP contribution in [0, 0.1) is 0 Å². The smallest absolute Gasteiger partial charge is 0.259 e. The number of likely N-dealkylation sites (N-methyl/N-ethyl adjacent to an activating group) is 1. The maximum Gasteiger partial charge on any atom is 0.259 e. The molecule has 0 radical (unpaired) electrons. The zero-order valence-electron chi connectivity index (χ0n) is 20.2. The van der Waals surface area contributed by atoms with Crippen molar-refractivity contribution in [3.05, 3.63) is 71.9 Å². The Labute approximate surface area is 200 Å². The Balaban J connectivity index is 1.80. The summed E-state index contributed by atoms with van der Waals surface area (Å²) in [5, 5.41) is 9.06. The van der Waals surface area contributed by atoms with Crippen molar-refractivity contribution in [3.8, 4) is 0 Å². The number of hydrogen-bond acceptors (Lipinski definition) is 7. The number of nitrogens with one attached hydrogen (secondary N) is 3. The minimum atomic E-state index is -0.313. The molecule has 3 rings (SSSR count). The van der Waals surface area contributed by atoms with Gasteiger partial charge in [-0.15, -0.1) is 0 Å². The first-order valence-corrected chi connectivity index (χ1v) is 11.0. The van der Waals surface area contributed by atoms with Gasteiger partial charge in [0.1, 0.15) is 12.1 Å². The standard InChI is InChI=1S/C25H31N7O2/c1-25(2,3)20-9-8-17(13-21(20)31-22(33)15-32(4)5)30-24(34)19-7-6-11-27-23(19)28-14-18-10-12-26-16-29-18/h6-13,16H,14-15H2,1-5H3,(H,27,28)(H,30,34)(H,31,33). The van der Waals surface area contributed by atoms with Crippen LogP contribution in [0.2, 0.25) is 0 Å². The zero-order valence-corrected chi connectivity index (χ0v) is 20.2. The van der Waals surface area contributed by atoms with Crippen molar-refractivity contribution >= 4 is 29.0 Å². The molecule has 2 amide bonds. The van der Waals surface area contributed by atoms with Gasteiger partial charge in [0.15, 0.2) is 0 Å². The highest BCUT2D eigenvalue weighted by Gasteiger charge is 2.21. The molecule has 178 valence electrons. The lowest BCUT2D eigenvalue weighted by atomic mass is 9.85. The number of amides is 2. The van der Waals surface area contributed by atoms with Crippen LogP contribution in [0.25, 0.3) is 0 Å². The van der Waals surface area contributed by atoms with Crippen LogP contribution in [0.3, 0.4) is 0 Å². The van der Waals surface area contributed by atoms with E-state index in [4.69, 9.17) is 0 Å². The van der Waals surface area contributed by atoms with E-state index in [-0.39, 0.29) is 23.8 Å². The van der Waals surface area contributed by atoms with Gasteiger partial charge in [-0.25, -0.2) is 15.0 Å². The van der Waals surface area contributed by atoms with E-state index in [1.807, 2.05) is 26.2 Å². The Morgan fingerprint density at radius 1 is 1.00 bits per heavy atom. The van der Waals surface area contributed by atoms with Gasteiger partial charge in [-0.3, -0.25) is 9.59 Å². The molecular formula is C25H31N7O2. The topological polar surface area (TPSA) is 112 Å². The first-order chi connectivity index (χ1) is 16.1. The highest BCUT2D eigenvalue weighted by atomic mass is 16.2. The van der Waals surface area contributed by atoms with Gasteiger partial charge in [0.25, 0.3) is 5.91 Å². The number of nitrogens with zero attached hydrogens (tertiary/aromatic N) is 4. The molecule has 0 atom stereocenters. The summed E-state index contributed by atoms with van der Waals surface area (Å²) in [7, 11) is 3.68. The third kappa shape index (κ3) is 6.82. The zero-order chi connectivity index (χ0) is 24.7. The second kappa shape index (κ2) is 10.8. The summed E-state index contributed by atoms with van der Waals surface area (Å²) in [5.41, 5.74) is 3.21. The van der Waals surface area contributed by atoms with Crippen LogP contribution in [0.1, 0.15) is 42.4 Å². The molecule has 34 heavy (non-hydrogen) atoms. The SMILES string of the molecule is CN(C)CC(=O)Nc1cc(NC(=O)c2cccnc2NCc2ccncn2)ccc1C(C)(C)C. The van der Waals surface area contributed by atoms with Crippen LogP contribution in [0.15, 0.2) is 55.1 Å². The highest BCUT2D eigenvalue weighted by Crippen LogP contribution is 2.32. The summed E-state index contributed by atoms with van der Waals surface area (Å²) in [5.74, 6) is 0.0132. The highest BCUT2D eigenvalue weighted by molar-refractivity contribution is 6.07. The first-order valence-electron chi connectivity index (χ1n) is 11.0. The molecule has 9 heteroatoms. The average molecular weight is 462 g/mol. The number of rotatable bonds is 8. The number of pyridine rings is 1. The third-order valence-corrected chi connectivity index (χ3v) is 4.95. The Bertz CT molecular complexity index is 1140. The number of anilines is 3. The van der Waals surface area contributed by atoms with E-state index in [9.17, 15) is 9.59 Å². The largest absolute Gasteiger partial charge is 0.364 e. The summed E-state index contributed by atoms with van der Waals surface area (Å²) in [6.45, 7) is 6.90. The molecule has 0 spiro atoms. The molecule has 2 aromatic heterocycles. The number of carbonyl (C=O) groups excluding carboxylic acids is 2. The fourth-order valence-electron chi connectivity index (χ4n) is 3.38. The number of hydrogen-bond donors (Lipinski definition) is 3. The van der Waals surface area contributed by atoms with Gasteiger partial charge in [0.2, 0.25) is 5.91 Å². The van der Waals surface area contributed by atoms with Gasteiger partial charge in [0, 0.05) is 23.8 Å². The van der Waals surface area contributed by atoms with Crippen molar-refractivity contribution < 1.29 is 9.59 Å². The van der Waals surface area contributed by atoms with Gasteiger partial charge in [-0.05, 0) is 55.4 Å². The van der Waals surface area contributed by atoms with Gasteiger partial charge in [-0.1, -0.05) is 26.8 Å². The van der Waals surface area contributed by atoms with Crippen molar-refractivity contribution in [1.82, 2.24) is 19.9 Å². The normalized spacial score (nSPS) is 11.2. The van der Waals surface area contributed by atoms with E-state index in [1.165, 1.54) is 6.33 Å². The summed E-state index contributed by atoms with van der Waals surface area (Å²) < 4.78 is 0. The molecule has 9 nitrogen and oxygen atoms in total. The molecule has 0 aliphatic carbocycles. The van der Waals surface area contributed by atoms with Crippen LogP contribution in [-0.2, 0) is 16.8 Å². The first kappa shape index (κ1) is 24.8. The molecule has 0 saturated heterocycles. The Hall–Kier alpha value is -3.85. The van der Waals surface area contributed by atoms with Crippen molar-refractivity contribution in [2.75, 3.05) is 36.6 Å². The molecule has 0 aliphatic rings. The number of aromatic nitrogens is 3. The van der Waals surface area contributed by atoms with E-state index in [0.29, 0.717) is 29.3 Å². The summed E-state index contributed by atoms with van der Waals surface area (Å²) in [6.07, 6.45) is 4.75. The molecule has 3 N–H and O–H groups in total. The van der Waals surface area contributed by atoms with Gasteiger partial charge < -0.3 is 20.9 Å². The summed E-state index contributed by atoms with van der Waals surface area (Å²) in [4.78, 5) is 39.7. The molecule has 0 saturated carbocycles. The van der Waals surface area contributed by atoms with E-state index >= 15 is 0 Å². The van der Waals surface area contributed by atoms with Crippen LogP contribution >= 0.6 is 0 Å². The molecule has 0 fully saturated rings.